The third-order valence-corrected chi connectivity index (χ3v) is 2.10. The van der Waals surface area contributed by atoms with E-state index in [9.17, 15) is 9.59 Å². The average Bonchev–Trinajstić information content (AvgIpc) is 2.32. The minimum Gasteiger partial charge on any atom is -0.302 e. The Morgan fingerprint density at radius 3 is 2.50 bits per heavy atom. The van der Waals surface area contributed by atoms with Crippen LogP contribution in [0, 0.1) is 0 Å². The monoisotopic (exact) mass is 218 g/mol. The van der Waals surface area contributed by atoms with E-state index in [0.717, 1.165) is 0 Å². The molecular weight excluding hydrogens is 208 g/mol. The third kappa shape index (κ3) is 2.41. The van der Waals surface area contributed by atoms with Gasteiger partial charge in [-0.15, -0.1) is 0 Å². The molecular formula is C10H10N4O2. The maximum absolute atomic E-state index is 11.1. The van der Waals surface area contributed by atoms with Gasteiger partial charge >= 0.3 is 5.56 Å². The van der Waals surface area contributed by atoms with E-state index in [-0.39, 0.29) is 0 Å². The SMILES string of the molecule is O=c1cc(CCc2ncccn2)[nH][nH]c1=O. The summed E-state index contributed by atoms with van der Waals surface area (Å²) in [6.45, 7) is 0. The van der Waals surface area contributed by atoms with Crippen molar-refractivity contribution in [2.24, 2.45) is 0 Å². The molecule has 2 N–H and O–H groups in total. The number of rotatable bonds is 3. The predicted octanol–water partition coefficient (Wildman–Crippen LogP) is -0.362. The second-order valence-electron chi connectivity index (χ2n) is 3.28. The summed E-state index contributed by atoms with van der Waals surface area (Å²) in [4.78, 5) is 30.0. The number of aromatic amines is 2. The first-order chi connectivity index (χ1) is 7.75. The molecule has 0 saturated carbocycles. The Labute approximate surface area is 90.4 Å². The largest absolute Gasteiger partial charge is 0.310 e. The molecule has 0 spiro atoms. The predicted molar refractivity (Wildman–Crippen MR) is 57.1 cm³/mol. The molecule has 0 fully saturated rings. The lowest BCUT2D eigenvalue weighted by Crippen LogP contribution is -2.27. The van der Waals surface area contributed by atoms with Crippen molar-refractivity contribution in [3.8, 4) is 0 Å². The average molecular weight is 218 g/mol. The molecule has 0 aliphatic carbocycles. The van der Waals surface area contributed by atoms with Crippen molar-refractivity contribution in [1.29, 1.82) is 0 Å². The van der Waals surface area contributed by atoms with Gasteiger partial charge in [-0.25, -0.2) is 9.97 Å². The zero-order chi connectivity index (χ0) is 11.4. The lowest BCUT2D eigenvalue weighted by atomic mass is 10.2. The second kappa shape index (κ2) is 4.52. The van der Waals surface area contributed by atoms with Crippen molar-refractivity contribution in [3.63, 3.8) is 0 Å². The van der Waals surface area contributed by atoms with Gasteiger partial charge in [-0.2, -0.15) is 0 Å². The number of nitrogens with zero attached hydrogens (tertiary/aromatic N) is 2. The van der Waals surface area contributed by atoms with Crippen molar-refractivity contribution >= 4 is 0 Å². The van der Waals surface area contributed by atoms with Crippen LogP contribution >= 0.6 is 0 Å². The maximum Gasteiger partial charge on any atom is 0.310 e. The van der Waals surface area contributed by atoms with Crippen molar-refractivity contribution in [1.82, 2.24) is 20.2 Å². The molecule has 2 rings (SSSR count). The van der Waals surface area contributed by atoms with Crippen molar-refractivity contribution in [2.75, 3.05) is 0 Å². The highest BCUT2D eigenvalue weighted by Gasteiger charge is 2.00. The summed E-state index contributed by atoms with van der Waals surface area (Å²) in [6, 6.07) is 3.03. The van der Waals surface area contributed by atoms with E-state index in [1.165, 1.54) is 6.07 Å². The Morgan fingerprint density at radius 1 is 1.06 bits per heavy atom. The number of H-pyrrole nitrogens is 2. The van der Waals surface area contributed by atoms with Gasteiger partial charge < -0.3 is 5.10 Å². The van der Waals surface area contributed by atoms with Crippen molar-refractivity contribution in [2.45, 2.75) is 12.8 Å². The second-order valence-corrected chi connectivity index (χ2v) is 3.28. The zero-order valence-electron chi connectivity index (χ0n) is 8.43. The van der Waals surface area contributed by atoms with E-state index in [4.69, 9.17) is 0 Å². The minimum absolute atomic E-state index is 0.539. The summed E-state index contributed by atoms with van der Waals surface area (Å²) in [7, 11) is 0. The van der Waals surface area contributed by atoms with Crippen LogP contribution in [0.2, 0.25) is 0 Å². The first-order valence-electron chi connectivity index (χ1n) is 4.82. The minimum atomic E-state index is -0.639. The van der Waals surface area contributed by atoms with Crippen LogP contribution in [-0.4, -0.2) is 20.2 Å². The van der Waals surface area contributed by atoms with Crippen LogP contribution in [0.1, 0.15) is 11.5 Å². The van der Waals surface area contributed by atoms with E-state index < -0.39 is 11.0 Å². The van der Waals surface area contributed by atoms with Crippen molar-refractivity contribution < 1.29 is 0 Å². The van der Waals surface area contributed by atoms with E-state index in [2.05, 4.69) is 20.2 Å². The van der Waals surface area contributed by atoms with Crippen LogP contribution < -0.4 is 11.0 Å². The van der Waals surface area contributed by atoms with Crippen LogP contribution in [-0.2, 0) is 12.8 Å². The lowest BCUT2D eigenvalue weighted by Gasteiger charge is -1.99. The third-order valence-electron chi connectivity index (χ3n) is 2.10. The Bertz CT molecular complexity index is 573. The highest BCUT2D eigenvalue weighted by atomic mass is 16.2. The fourth-order valence-corrected chi connectivity index (χ4v) is 1.30. The smallest absolute Gasteiger partial charge is 0.302 e. The number of hydrogen-bond acceptors (Lipinski definition) is 4. The summed E-state index contributed by atoms with van der Waals surface area (Å²) < 4.78 is 0. The van der Waals surface area contributed by atoms with Crippen LogP contribution in [0.4, 0.5) is 0 Å². The van der Waals surface area contributed by atoms with Gasteiger partial charge in [0.15, 0.2) is 0 Å². The molecule has 0 aliphatic rings. The van der Waals surface area contributed by atoms with Gasteiger partial charge in [-0.05, 0) is 12.5 Å². The van der Waals surface area contributed by atoms with Gasteiger partial charge in [-0.1, -0.05) is 0 Å². The first-order valence-corrected chi connectivity index (χ1v) is 4.82. The molecule has 2 heterocycles. The molecule has 0 amide bonds. The summed E-state index contributed by atoms with van der Waals surface area (Å²) in [6.07, 6.45) is 4.52. The highest BCUT2D eigenvalue weighted by molar-refractivity contribution is 5.02. The molecule has 0 aliphatic heterocycles. The van der Waals surface area contributed by atoms with E-state index in [0.29, 0.717) is 24.4 Å². The van der Waals surface area contributed by atoms with Crippen LogP contribution in [0.3, 0.4) is 0 Å². The van der Waals surface area contributed by atoms with Crippen LogP contribution in [0.15, 0.2) is 34.1 Å². The fraction of sp³-hybridized carbons (Fsp3) is 0.200. The quantitative estimate of drug-likeness (QED) is 0.688. The molecule has 0 aromatic carbocycles. The number of hydrogen-bond donors (Lipinski definition) is 2. The molecule has 0 unspecified atom stereocenters. The molecule has 6 heteroatoms. The van der Waals surface area contributed by atoms with Crippen LogP contribution in [0.25, 0.3) is 0 Å². The molecule has 2 aromatic heterocycles. The normalized spacial score (nSPS) is 10.2. The molecule has 6 nitrogen and oxygen atoms in total. The molecule has 0 radical (unpaired) electrons. The summed E-state index contributed by atoms with van der Waals surface area (Å²) in [5.74, 6) is 0.703. The van der Waals surface area contributed by atoms with Gasteiger partial charge in [0, 0.05) is 30.6 Å². The molecule has 16 heavy (non-hydrogen) atoms. The molecule has 0 saturated heterocycles. The molecule has 0 bridgehead atoms. The number of aromatic nitrogens is 4. The zero-order valence-corrected chi connectivity index (χ0v) is 8.43. The lowest BCUT2D eigenvalue weighted by molar-refractivity contribution is 0.799. The maximum atomic E-state index is 11.1. The summed E-state index contributed by atoms with van der Waals surface area (Å²) in [5.41, 5.74) is -0.514. The highest BCUT2D eigenvalue weighted by Crippen LogP contribution is 1.96. The number of aryl methyl sites for hydroxylation is 2. The van der Waals surface area contributed by atoms with E-state index in [1.54, 1.807) is 18.5 Å². The standard InChI is InChI=1S/C10H10N4O2/c15-8-6-7(13-14-10(8)16)2-3-9-11-4-1-5-12-9/h1,4-6H,2-3H2,(H,13,15)(H,14,16). The van der Waals surface area contributed by atoms with Crippen molar-refractivity contribution in [3.05, 3.63) is 56.6 Å². The molecule has 0 atom stereocenters. The Kier molecular flexibility index (Phi) is 2.90. The topological polar surface area (TPSA) is 91.5 Å². The van der Waals surface area contributed by atoms with Gasteiger partial charge in [0.1, 0.15) is 5.82 Å². The Hall–Kier alpha value is -2.24. The molecule has 2 aromatic rings. The summed E-state index contributed by atoms with van der Waals surface area (Å²) in [5, 5.41) is 4.93. The first kappa shape index (κ1) is 10.3. The number of nitrogens with one attached hydrogen (secondary N) is 2. The Morgan fingerprint density at radius 2 is 1.81 bits per heavy atom. The van der Waals surface area contributed by atoms with Gasteiger partial charge in [0.25, 0.3) is 0 Å². The fourth-order valence-electron chi connectivity index (χ4n) is 1.30. The Balaban J connectivity index is 2.08. The van der Waals surface area contributed by atoms with E-state index in [1.807, 2.05) is 0 Å². The molecule has 82 valence electrons. The van der Waals surface area contributed by atoms with Crippen LogP contribution in [0.5, 0.6) is 0 Å². The van der Waals surface area contributed by atoms with Gasteiger partial charge in [0.2, 0.25) is 5.43 Å². The van der Waals surface area contributed by atoms with E-state index >= 15 is 0 Å². The van der Waals surface area contributed by atoms with Gasteiger partial charge in [-0.3, -0.25) is 14.7 Å². The summed E-state index contributed by atoms with van der Waals surface area (Å²) >= 11 is 0. The van der Waals surface area contributed by atoms with Gasteiger partial charge in [0.05, 0.1) is 0 Å².